The van der Waals surface area contributed by atoms with Crippen molar-refractivity contribution in [3.8, 4) is 0 Å². The van der Waals surface area contributed by atoms with Crippen molar-refractivity contribution in [3.63, 3.8) is 0 Å². The van der Waals surface area contributed by atoms with Crippen LogP contribution in [0.4, 0.5) is 0 Å². The summed E-state index contributed by atoms with van der Waals surface area (Å²) in [6.07, 6.45) is 18.7. The zero-order valence-corrected chi connectivity index (χ0v) is 33.6. The summed E-state index contributed by atoms with van der Waals surface area (Å²) in [5.74, 6) is 0. The highest BCUT2D eigenvalue weighted by Gasteiger charge is 2.21. The third kappa shape index (κ3) is 26.6. The molecule has 0 radical (unpaired) electrons. The summed E-state index contributed by atoms with van der Waals surface area (Å²) < 4.78 is 0. The fraction of sp³-hybridized carbons (Fsp3) is 0.976. The number of hydrogen-bond acceptors (Lipinski definition) is 7. The molecule has 296 valence electrons. The molecule has 1 unspecified atom stereocenters. The van der Waals surface area contributed by atoms with Crippen LogP contribution in [-0.4, -0.2) is 126 Å². The lowest BCUT2D eigenvalue weighted by Crippen LogP contribution is -2.35. The summed E-state index contributed by atoms with van der Waals surface area (Å²) in [6, 6.07) is 4.67. The third-order valence-corrected chi connectivity index (χ3v) is 10.5. The lowest BCUT2D eigenvalue weighted by atomic mass is 10.1. The molecule has 5 heterocycles. The Morgan fingerprint density at radius 3 is 0.735 bits per heavy atom. The number of carbonyl (C=O) groups excluding carboxylic acids is 2. The maximum absolute atomic E-state index is 8.12. The lowest BCUT2D eigenvalue weighted by Gasteiger charge is -2.29. The van der Waals surface area contributed by atoms with Crippen LogP contribution >= 0.6 is 0 Å². The minimum absolute atomic E-state index is 0. The molecule has 5 aliphatic heterocycles. The van der Waals surface area contributed by atoms with Gasteiger partial charge in [-0.05, 0) is 199 Å². The normalized spacial score (nSPS) is 22.1. The third-order valence-electron chi connectivity index (χ3n) is 10.5. The lowest BCUT2D eigenvalue weighted by molar-refractivity contribution is -0.191. The Balaban J connectivity index is -0.000000524. The first-order chi connectivity index (χ1) is 22.3. The Hall–Kier alpha value is -0.820. The molecule has 5 fully saturated rings. The van der Waals surface area contributed by atoms with E-state index in [2.05, 4.69) is 101 Å². The molecule has 7 heteroatoms. The zero-order valence-electron chi connectivity index (χ0n) is 33.6. The maximum Gasteiger partial charge on any atom is 0.373 e. The first-order valence-electron chi connectivity index (χ1n) is 20.1. The standard InChI is InChI=1S/4C8H17N.C7H15N.CO2.2CH4/c1-7(2)9-6-4-5-8(9)3;3*1-8(2)9-6-4-3-5-7-9;1-7(2)8-5-3-4-6-8;2-1-3;;/h7-8H,4-6H2,1-3H3;3*8H,3-7H2,1-2H3;7H,3-6H2,1-2H3;;2*1H4. The number of nitrogens with zero attached hydrogens (tertiary/aromatic N) is 5. The second kappa shape index (κ2) is 33.0. The highest BCUT2D eigenvalue weighted by atomic mass is 16.2. The molecule has 0 aromatic heterocycles. The van der Waals surface area contributed by atoms with Gasteiger partial charge in [0.05, 0.1) is 0 Å². The molecule has 0 aromatic carbocycles. The number of likely N-dealkylation sites (tertiary alicyclic amines) is 5. The van der Waals surface area contributed by atoms with E-state index >= 15 is 0 Å². The van der Waals surface area contributed by atoms with E-state index in [1.807, 2.05) is 0 Å². The minimum Gasteiger partial charge on any atom is -0.301 e. The van der Waals surface area contributed by atoms with Gasteiger partial charge in [0.15, 0.2) is 0 Å². The summed E-state index contributed by atoms with van der Waals surface area (Å²) in [5, 5.41) is 0. The molecule has 0 aliphatic carbocycles. The number of hydrogen-bond donors (Lipinski definition) is 0. The van der Waals surface area contributed by atoms with Gasteiger partial charge in [0.25, 0.3) is 0 Å². The van der Waals surface area contributed by atoms with Crippen LogP contribution in [0.2, 0.25) is 0 Å². The Bertz CT molecular complexity index is 662. The van der Waals surface area contributed by atoms with Gasteiger partial charge in [0.2, 0.25) is 0 Å². The second-order valence-corrected chi connectivity index (χ2v) is 15.8. The van der Waals surface area contributed by atoms with Crippen LogP contribution in [-0.2, 0) is 9.59 Å². The van der Waals surface area contributed by atoms with Crippen molar-refractivity contribution >= 4 is 6.15 Å². The quantitative estimate of drug-likeness (QED) is 0.284. The Labute approximate surface area is 309 Å². The number of piperidine rings is 3. The van der Waals surface area contributed by atoms with Gasteiger partial charge < -0.3 is 19.6 Å². The van der Waals surface area contributed by atoms with Gasteiger partial charge >= 0.3 is 6.15 Å². The van der Waals surface area contributed by atoms with E-state index in [1.54, 1.807) is 0 Å². The summed E-state index contributed by atoms with van der Waals surface area (Å²) in [7, 11) is 0. The molecule has 49 heavy (non-hydrogen) atoms. The molecule has 0 aromatic rings. The average molecular weight is 698 g/mol. The van der Waals surface area contributed by atoms with Crippen molar-refractivity contribution in [2.24, 2.45) is 0 Å². The molecule has 1 atom stereocenters. The average Bonchev–Trinajstić information content (AvgIpc) is 3.77. The SMILES string of the molecule is C.C.CC(C)N1CCCC1.CC(C)N1CCCC1C.CC(C)N1CCCCC1.CC(C)N1CCCCC1.CC(C)N1CCCCC1.O=C=O. The predicted octanol–water partition coefficient (Wildman–Crippen LogP) is 9.70. The molecule has 0 amide bonds. The van der Waals surface area contributed by atoms with Crippen LogP contribution < -0.4 is 0 Å². The topological polar surface area (TPSA) is 50.3 Å². The van der Waals surface area contributed by atoms with Gasteiger partial charge in [-0.25, -0.2) is 0 Å². The van der Waals surface area contributed by atoms with Crippen molar-refractivity contribution in [2.45, 2.75) is 211 Å². The highest BCUT2D eigenvalue weighted by molar-refractivity contribution is 5.20. The summed E-state index contributed by atoms with van der Waals surface area (Å²) in [5.41, 5.74) is 0. The Morgan fingerprint density at radius 1 is 0.388 bits per heavy atom. The van der Waals surface area contributed by atoms with E-state index in [-0.39, 0.29) is 21.0 Å². The minimum atomic E-state index is 0. The zero-order chi connectivity index (χ0) is 35.6. The van der Waals surface area contributed by atoms with Crippen molar-refractivity contribution in [1.29, 1.82) is 0 Å². The maximum atomic E-state index is 8.12. The van der Waals surface area contributed by atoms with Crippen LogP contribution in [0.15, 0.2) is 0 Å². The van der Waals surface area contributed by atoms with Crippen LogP contribution in [0.1, 0.15) is 174 Å². The Morgan fingerprint density at radius 2 is 0.612 bits per heavy atom. The Kier molecular flexibility index (Phi) is 35.4. The van der Waals surface area contributed by atoms with E-state index < -0.39 is 0 Å². The summed E-state index contributed by atoms with van der Waals surface area (Å²) >= 11 is 0. The smallest absolute Gasteiger partial charge is 0.301 e. The molecule has 5 aliphatic rings. The molecule has 0 bridgehead atoms. The van der Waals surface area contributed by atoms with Gasteiger partial charge in [-0.1, -0.05) is 34.1 Å². The molecule has 7 nitrogen and oxygen atoms in total. The van der Waals surface area contributed by atoms with Crippen LogP contribution in [0.3, 0.4) is 0 Å². The number of rotatable bonds is 5. The summed E-state index contributed by atoms with van der Waals surface area (Å²) in [6.45, 7) is 37.1. The highest BCUT2D eigenvalue weighted by Crippen LogP contribution is 2.18. The summed E-state index contributed by atoms with van der Waals surface area (Å²) in [4.78, 5) is 29.0. The molecule has 0 N–H and O–H groups in total. The second-order valence-electron chi connectivity index (χ2n) is 15.8. The fourth-order valence-corrected chi connectivity index (χ4v) is 7.28. The van der Waals surface area contributed by atoms with E-state index in [4.69, 9.17) is 9.59 Å². The molecular weight excluding hydrogens is 606 g/mol. The van der Waals surface area contributed by atoms with Crippen LogP contribution in [0.25, 0.3) is 0 Å². The van der Waals surface area contributed by atoms with Crippen molar-refractivity contribution in [3.05, 3.63) is 0 Å². The molecule has 0 spiro atoms. The van der Waals surface area contributed by atoms with Crippen molar-refractivity contribution in [1.82, 2.24) is 24.5 Å². The van der Waals surface area contributed by atoms with Gasteiger partial charge in [0.1, 0.15) is 0 Å². The largest absolute Gasteiger partial charge is 0.373 e. The van der Waals surface area contributed by atoms with Crippen molar-refractivity contribution in [2.75, 3.05) is 58.9 Å². The van der Waals surface area contributed by atoms with Gasteiger partial charge in [0, 0.05) is 36.3 Å². The monoisotopic (exact) mass is 698 g/mol. The van der Waals surface area contributed by atoms with Gasteiger partial charge in [-0.3, -0.25) is 4.90 Å². The van der Waals surface area contributed by atoms with Crippen molar-refractivity contribution < 1.29 is 9.59 Å². The van der Waals surface area contributed by atoms with E-state index in [0.717, 1.165) is 36.3 Å². The van der Waals surface area contributed by atoms with Gasteiger partial charge in [-0.15, -0.1) is 0 Å². The van der Waals surface area contributed by atoms with Gasteiger partial charge in [-0.2, -0.15) is 9.59 Å². The first-order valence-corrected chi connectivity index (χ1v) is 20.1. The van der Waals surface area contributed by atoms with E-state index in [1.165, 1.54) is 142 Å². The molecule has 5 rings (SSSR count). The predicted molar refractivity (Wildman–Crippen MR) is 217 cm³/mol. The molecule has 5 saturated heterocycles. The first kappa shape index (κ1) is 52.5. The molecule has 0 saturated carbocycles. The van der Waals surface area contributed by atoms with E-state index in [0.29, 0.717) is 0 Å². The van der Waals surface area contributed by atoms with Crippen LogP contribution in [0.5, 0.6) is 0 Å². The molecular formula is C42H91N5O2. The van der Waals surface area contributed by atoms with Crippen LogP contribution in [0, 0.1) is 0 Å². The fourth-order valence-electron chi connectivity index (χ4n) is 7.28. The van der Waals surface area contributed by atoms with E-state index in [9.17, 15) is 0 Å².